The quantitative estimate of drug-likeness (QED) is 0.742. The fourth-order valence-corrected chi connectivity index (χ4v) is 1.40. The first-order chi connectivity index (χ1) is 10.2. The van der Waals surface area contributed by atoms with Crippen molar-refractivity contribution < 1.29 is 32.6 Å². The van der Waals surface area contributed by atoms with Crippen molar-refractivity contribution >= 4 is 11.9 Å². The number of hydrogen-bond donors (Lipinski definition) is 2. The molecule has 1 rings (SSSR count). The van der Waals surface area contributed by atoms with Crippen molar-refractivity contribution in [3.8, 4) is 5.88 Å². The molecule has 0 fully saturated rings. The monoisotopic (exact) mass is 320 g/mol. The molecule has 0 radical (unpaired) electrons. The smallest absolute Gasteiger partial charge is 0.422 e. The zero-order valence-corrected chi connectivity index (χ0v) is 11.7. The van der Waals surface area contributed by atoms with E-state index in [1.165, 1.54) is 25.3 Å². The number of rotatable bonds is 7. The van der Waals surface area contributed by atoms with Gasteiger partial charge in [-0.3, -0.25) is 9.59 Å². The first-order valence-corrected chi connectivity index (χ1v) is 6.34. The molecule has 1 atom stereocenters. The van der Waals surface area contributed by atoms with Crippen LogP contribution in [0, 0.1) is 5.92 Å². The Morgan fingerprint density at radius 2 is 2.09 bits per heavy atom. The molecule has 0 aromatic carbocycles. The van der Waals surface area contributed by atoms with Crippen LogP contribution in [0.1, 0.15) is 12.5 Å². The third kappa shape index (κ3) is 6.42. The number of hydrogen-bond acceptors (Lipinski definition) is 4. The maximum Gasteiger partial charge on any atom is 0.422 e. The van der Waals surface area contributed by atoms with Crippen LogP contribution in [0.4, 0.5) is 13.2 Å². The molecule has 0 bridgehead atoms. The molecule has 0 saturated carbocycles. The maximum absolute atomic E-state index is 12.0. The summed E-state index contributed by atoms with van der Waals surface area (Å²) in [5.41, 5.74) is 0.669. The van der Waals surface area contributed by atoms with Crippen LogP contribution in [0.25, 0.3) is 0 Å². The first-order valence-electron chi connectivity index (χ1n) is 6.34. The fourth-order valence-electron chi connectivity index (χ4n) is 1.40. The summed E-state index contributed by atoms with van der Waals surface area (Å²) in [6, 6.07) is 2.81. The lowest BCUT2D eigenvalue weighted by atomic mass is 10.1. The summed E-state index contributed by atoms with van der Waals surface area (Å²) in [7, 11) is 0. The highest BCUT2D eigenvalue weighted by atomic mass is 19.4. The van der Waals surface area contributed by atoms with E-state index in [9.17, 15) is 22.8 Å². The number of amides is 1. The van der Waals surface area contributed by atoms with Crippen LogP contribution in [-0.4, -0.2) is 41.3 Å². The molecule has 22 heavy (non-hydrogen) atoms. The van der Waals surface area contributed by atoms with Crippen LogP contribution >= 0.6 is 0 Å². The normalized spacial score (nSPS) is 12.5. The van der Waals surface area contributed by atoms with Crippen LogP contribution in [0.5, 0.6) is 5.88 Å². The Morgan fingerprint density at radius 1 is 1.41 bits per heavy atom. The molecule has 1 unspecified atom stereocenters. The van der Waals surface area contributed by atoms with E-state index in [4.69, 9.17) is 5.11 Å². The molecule has 0 aliphatic carbocycles. The highest BCUT2D eigenvalue weighted by Gasteiger charge is 2.28. The van der Waals surface area contributed by atoms with Crippen molar-refractivity contribution in [3.63, 3.8) is 0 Å². The average molecular weight is 320 g/mol. The third-order valence-corrected chi connectivity index (χ3v) is 2.66. The molecule has 122 valence electrons. The number of carboxylic acid groups (broad SMARTS) is 1. The summed E-state index contributed by atoms with van der Waals surface area (Å²) < 4.78 is 40.3. The Bertz CT molecular complexity index is 517. The van der Waals surface area contributed by atoms with Crippen LogP contribution in [0.3, 0.4) is 0 Å². The molecule has 1 amide bonds. The largest absolute Gasteiger partial charge is 0.481 e. The summed E-state index contributed by atoms with van der Waals surface area (Å²) in [5.74, 6) is -3.11. The van der Waals surface area contributed by atoms with Crippen LogP contribution in [0.2, 0.25) is 0 Å². The van der Waals surface area contributed by atoms with Gasteiger partial charge in [0, 0.05) is 18.8 Å². The van der Waals surface area contributed by atoms with Gasteiger partial charge < -0.3 is 15.2 Å². The molecule has 0 spiro atoms. The zero-order chi connectivity index (χ0) is 16.8. The van der Waals surface area contributed by atoms with Gasteiger partial charge in [0.25, 0.3) is 0 Å². The SMILES string of the molecule is CC(C(=O)O)C(=O)NCCc1ccc(OCC(F)(F)F)nc1. The molecule has 0 saturated heterocycles. The van der Waals surface area contributed by atoms with Gasteiger partial charge in [0.2, 0.25) is 11.8 Å². The average Bonchev–Trinajstić information content (AvgIpc) is 2.44. The van der Waals surface area contributed by atoms with E-state index >= 15 is 0 Å². The number of carbonyl (C=O) groups excluding carboxylic acids is 1. The number of alkyl halides is 3. The van der Waals surface area contributed by atoms with E-state index in [0.717, 1.165) is 0 Å². The number of nitrogens with zero attached hydrogens (tertiary/aromatic N) is 1. The van der Waals surface area contributed by atoms with Gasteiger partial charge >= 0.3 is 12.1 Å². The second-order valence-electron chi connectivity index (χ2n) is 4.51. The van der Waals surface area contributed by atoms with Crippen molar-refractivity contribution in [1.82, 2.24) is 10.3 Å². The molecule has 0 aliphatic rings. The topological polar surface area (TPSA) is 88.5 Å². The number of nitrogens with one attached hydrogen (secondary N) is 1. The summed E-state index contributed by atoms with van der Waals surface area (Å²) in [6.07, 6.45) is -2.73. The lowest BCUT2D eigenvalue weighted by Gasteiger charge is -2.09. The number of aliphatic carboxylic acids is 1. The van der Waals surface area contributed by atoms with Gasteiger partial charge in [0.15, 0.2) is 6.61 Å². The minimum Gasteiger partial charge on any atom is -0.481 e. The van der Waals surface area contributed by atoms with Crippen LogP contribution in [-0.2, 0) is 16.0 Å². The first kappa shape index (κ1) is 17.7. The Morgan fingerprint density at radius 3 is 2.59 bits per heavy atom. The number of aromatic nitrogens is 1. The number of carbonyl (C=O) groups is 2. The second-order valence-corrected chi connectivity index (χ2v) is 4.51. The molecular weight excluding hydrogens is 305 g/mol. The minimum atomic E-state index is -4.43. The molecule has 2 N–H and O–H groups in total. The van der Waals surface area contributed by atoms with Gasteiger partial charge in [-0.2, -0.15) is 13.2 Å². The predicted octanol–water partition coefficient (Wildman–Crippen LogP) is 1.40. The number of carboxylic acids is 1. The van der Waals surface area contributed by atoms with E-state index in [1.807, 2.05) is 0 Å². The number of halogens is 3. The molecule has 1 aromatic heterocycles. The molecule has 1 heterocycles. The highest BCUT2D eigenvalue weighted by Crippen LogP contribution is 2.17. The molecule has 0 aliphatic heterocycles. The molecular formula is C13H15F3N2O4. The van der Waals surface area contributed by atoms with Gasteiger partial charge in [-0.05, 0) is 18.9 Å². The zero-order valence-electron chi connectivity index (χ0n) is 11.7. The van der Waals surface area contributed by atoms with Gasteiger partial charge in [0.1, 0.15) is 5.92 Å². The van der Waals surface area contributed by atoms with Gasteiger partial charge in [-0.25, -0.2) is 4.98 Å². The third-order valence-electron chi connectivity index (χ3n) is 2.66. The summed E-state index contributed by atoms with van der Waals surface area (Å²) >= 11 is 0. The van der Waals surface area contributed by atoms with Gasteiger partial charge in [-0.15, -0.1) is 0 Å². The molecule has 9 heteroatoms. The van der Waals surface area contributed by atoms with Crippen molar-refractivity contribution in [2.24, 2.45) is 5.92 Å². The minimum absolute atomic E-state index is 0.149. The Labute approximate surface area is 124 Å². The predicted molar refractivity (Wildman–Crippen MR) is 69.3 cm³/mol. The lowest BCUT2D eigenvalue weighted by Crippen LogP contribution is -2.34. The Hall–Kier alpha value is -2.32. The second kappa shape index (κ2) is 7.62. The molecule has 1 aromatic rings. The van der Waals surface area contributed by atoms with Crippen molar-refractivity contribution in [2.45, 2.75) is 19.5 Å². The van der Waals surface area contributed by atoms with Crippen LogP contribution < -0.4 is 10.1 Å². The van der Waals surface area contributed by atoms with Crippen molar-refractivity contribution in [1.29, 1.82) is 0 Å². The van der Waals surface area contributed by atoms with Gasteiger partial charge in [-0.1, -0.05) is 6.07 Å². The van der Waals surface area contributed by atoms with Gasteiger partial charge in [0.05, 0.1) is 0 Å². The standard InChI is InChI=1S/C13H15F3N2O4/c1-8(12(20)21)11(19)17-5-4-9-2-3-10(18-6-9)22-7-13(14,15)16/h2-3,6,8H,4-5,7H2,1H3,(H,17,19)(H,20,21). The Kier molecular flexibility index (Phi) is 6.14. The fraction of sp³-hybridized carbons (Fsp3) is 0.462. The number of pyridine rings is 1. The van der Waals surface area contributed by atoms with Crippen molar-refractivity contribution in [3.05, 3.63) is 23.9 Å². The van der Waals surface area contributed by atoms with E-state index in [1.54, 1.807) is 0 Å². The van der Waals surface area contributed by atoms with E-state index in [-0.39, 0.29) is 12.4 Å². The highest BCUT2D eigenvalue weighted by molar-refractivity contribution is 5.96. The summed E-state index contributed by atoms with van der Waals surface area (Å²) in [6.45, 7) is 0.0510. The lowest BCUT2D eigenvalue weighted by molar-refractivity contribution is -0.154. The summed E-state index contributed by atoms with van der Waals surface area (Å²) in [4.78, 5) is 25.7. The maximum atomic E-state index is 12.0. The van der Waals surface area contributed by atoms with Crippen molar-refractivity contribution in [2.75, 3.05) is 13.2 Å². The van der Waals surface area contributed by atoms with E-state index in [2.05, 4.69) is 15.0 Å². The van der Waals surface area contributed by atoms with E-state index in [0.29, 0.717) is 12.0 Å². The number of ether oxygens (including phenoxy) is 1. The van der Waals surface area contributed by atoms with Crippen LogP contribution in [0.15, 0.2) is 18.3 Å². The molecule has 6 nitrogen and oxygen atoms in total. The summed E-state index contributed by atoms with van der Waals surface area (Å²) in [5, 5.41) is 11.1. The Balaban J connectivity index is 2.39. The van der Waals surface area contributed by atoms with E-state index < -0.39 is 30.6 Å².